The number of hydrogen-bond donors (Lipinski definition) is 0. The highest BCUT2D eigenvalue weighted by molar-refractivity contribution is 7.95. The van der Waals surface area contributed by atoms with Crippen molar-refractivity contribution >= 4 is 21.6 Å². The zero-order valence-electron chi connectivity index (χ0n) is 16.6. The molecule has 0 aliphatic carbocycles. The first kappa shape index (κ1) is 20.9. The number of carbonyl (C=O) groups is 1. The Balaban J connectivity index is 1.81. The molecule has 0 N–H and O–H groups in total. The summed E-state index contributed by atoms with van der Waals surface area (Å²) in [6, 6.07) is 13.8. The Morgan fingerprint density at radius 2 is 1.77 bits per heavy atom. The molecule has 2 heterocycles. The summed E-state index contributed by atoms with van der Waals surface area (Å²) in [5.41, 5.74) is 0.490. The van der Waals surface area contributed by atoms with E-state index < -0.39 is 33.0 Å². The number of cyclic esters (lactones) is 1. The van der Waals surface area contributed by atoms with Crippen LogP contribution in [0.25, 0.3) is 0 Å². The van der Waals surface area contributed by atoms with Crippen LogP contribution in [0.2, 0.25) is 0 Å². The van der Waals surface area contributed by atoms with Crippen molar-refractivity contribution < 1.29 is 27.6 Å². The van der Waals surface area contributed by atoms with E-state index in [9.17, 15) is 23.3 Å². The van der Waals surface area contributed by atoms with Crippen LogP contribution in [-0.4, -0.2) is 43.7 Å². The van der Waals surface area contributed by atoms with Crippen molar-refractivity contribution in [2.24, 2.45) is 0 Å². The smallest absolute Gasteiger partial charge is 0.412 e. The fourth-order valence-electron chi connectivity index (χ4n) is 3.94. The molecule has 2 aromatic rings. The highest BCUT2D eigenvalue weighted by Gasteiger charge is 2.42. The van der Waals surface area contributed by atoms with Crippen LogP contribution in [0.3, 0.4) is 0 Å². The summed E-state index contributed by atoms with van der Waals surface area (Å²) in [5.74, 6) is -0.471. The molecule has 2 aliphatic rings. The van der Waals surface area contributed by atoms with Crippen molar-refractivity contribution in [3.63, 3.8) is 0 Å². The van der Waals surface area contributed by atoms with E-state index >= 15 is 0 Å². The minimum atomic E-state index is -3.91. The van der Waals surface area contributed by atoms with Crippen LogP contribution >= 0.6 is 0 Å². The Hall–Kier alpha value is -3.40. The number of allylic oxidation sites excluding steroid dienone is 2. The zero-order chi connectivity index (χ0) is 22.2. The molecule has 1 fully saturated rings. The molecule has 1 saturated heterocycles. The van der Waals surface area contributed by atoms with Crippen molar-refractivity contribution in [2.45, 2.75) is 30.4 Å². The molecule has 0 unspecified atom stereocenters. The van der Waals surface area contributed by atoms with E-state index in [1.54, 1.807) is 37.3 Å². The third kappa shape index (κ3) is 3.86. The number of sulfone groups is 1. The Morgan fingerprint density at radius 3 is 2.35 bits per heavy atom. The van der Waals surface area contributed by atoms with E-state index in [2.05, 4.69) is 0 Å². The quantitative estimate of drug-likeness (QED) is 0.511. The Labute approximate surface area is 178 Å². The lowest BCUT2D eigenvalue weighted by molar-refractivity contribution is -0.384. The number of ether oxygens (including phenoxy) is 2. The number of nitro groups is 1. The van der Waals surface area contributed by atoms with Gasteiger partial charge in [0.25, 0.3) is 5.69 Å². The number of benzene rings is 2. The van der Waals surface area contributed by atoms with Crippen LogP contribution in [0, 0.1) is 10.1 Å². The third-order valence-electron chi connectivity index (χ3n) is 5.40. The van der Waals surface area contributed by atoms with Gasteiger partial charge in [-0.3, -0.25) is 15.0 Å². The van der Waals surface area contributed by atoms with Gasteiger partial charge in [0.05, 0.1) is 21.3 Å². The normalized spacial score (nSPS) is 21.6. The first-order valence-electron chi connectivity index (χ1n) is 9.64. The van der Waals surface area contributed by atoms with E-state index in [1.165, 1.54) is 29.2 Å². The van der Waals surface area contributed by atoms with Crippen LogP contribution < -0.4 is 0 Å². The number of rotatable bonds is 5. The molecule has 1 amide bonds. The Kier molecular flexibility index (Phi) is 5.40. The van der Waals surface area contributed by atoms with Gasteiger partial charge in [0.1, 0.15) is 12.4 Å². The second-order valence-corrected chi connectivity index (χ2v) is 9.17. The maximum absolute atomic E-state index is 13.5. The van der Waals surface area contributed by atoms with Crippen LogP contribution in [0.5, 0.6) is 0 Å². The molecule has 0 bridgehead atoms. The van der Waals surface area contributed by atoms with Gasteiger partial charge in [-0.1, -0.05) is 30.3 Å². The van der Waals surface area contributed by atoms with Crippen molar-refractivity contribution in [2.75, 3.05) is 13.2 Å². The lowest BCUT2D eigenvalue weighted by Gasteiger charge is -2.36. The molecular formula is C21H20N2O7S. The topological polar surface area (TPSA) is 116 Å². The molecule has 4 rings (SSSR count). The third-order valence-corrected chi connectivity index (χ3v) is 7.45. The predicted octanol–water partition coefficient (Wildman–Crippen LogP) is 3.58. The number of amides is 1. The molecule has 31 heavy (non-hydrogen) atoms. The monoisotopic (exact) mass is 444 g/mol. The molecule has 162 valence electrons. The maximum atomic E-state index is 13.5. The molecule has 2 atom stereocenters. The van der Waals surface area contributed by atoms with Gasteiger partial charge in [-0.25, -0.2) is 13.2 Å². The van der Waals surface area contributed by atoms with Gasteiger partial charge in [-0.15, -0.1) is 0 Å². The molecule has 2 aromatic carbocycles. The van der Waals surface area contributed by atoms with E-state index in [4.69, 9.17) is 9.47 Å². The summed E-state index contributed by atoms with van der Waals surface area (Å²) in [6.07, 6.45) is -1.05. The lowest BCUT2D eigenvalue weighted by Crippen LogP contribution is -2.42. The van der Waals surface area contributed by atoms with Crippen LogP contribution in [0.15, 0.2) is 70.2 Å². The lowest BCUT2D eigenvalue weighted by atomic mass is 9.91. The van der Waals surface area contributed by atoms with Gasteiger partial charge in [-0.2, -0.15) is 0 Å². The van der Waals surface area contributed by atoms with Crippen molar-refractivity contribution in [1.29, 1.82) is 0 Å². The Morgan fingerprint density at radius 1 is 1.10 bits per heavy atom. The van der Waals surface area contributed by atoms with Gasteiger partial charge in [-0.05, 0) is 24.6 Å². The minimum absolute atomic E-state index is 0.0800. The predicted molar refractivity (Wildman–Crippen MR) is 110 cm³/mol. The van der Waals surface area contributed by atoms with E-state index in [0.717, 1.165) is 0 Å². The molecule has 0 aromatic heterocycles. The summed E-state index contributed by atoms with van der Waals surface area (Å²) in [4.78, 5) is 24.2. The van der Waals surface area contributed by atoms with E-state index in [-0.39, 0.29) is 34.3 Å². The number of non-ortho nitro benzene ring substituents is 1. The van der Waals surface area contributed by atoms with Crippen LogP contribution in [0.1, 0.15) is 24.8 Å². The molecule has 10 heteroatoms. The van der Waals surface area contributed by atoms with Gasteiger partial charge in [0.2, 0.25) is 9.84 Å². The highest BCUT2D eigenvalue weighted by atomic mass is 32.2. The van der Waals surface area contributed by atoms with Gasteiger partial charge < -0.3 is 9.47 Å². The van der Waals surface area contributed by atoms with Gasteiger partial charge in [0, 0.05) is 24.5 Å². The number of nitrogens with zero attached hydrogens (tertiary/aromatic N) is 2. The summed E-state index contributed by atoms with van der Waals surface area (Å²) in [5, 5.41) is 11.0. The molecule has 0 radical (unpaired) electrons. The number of carbonyl (C=O) groups excluding carboxylic acids is 1. The molecule has 2 aliphatic heterocycles. The largest absolute Gasteiger partial charge is 0.474 e. The molecule has 9 nitrogen and oxygen atoms in total. The number of nitro benzene ring substituents is 1. The van der Waals surface area contributed by atoms with Crippen molar-refractivity contribution in [3.05, 3.63) is 80.9 Å². The Bertz CT molecular complexity index is 1140. The standard InChI is InChI=1S/C21H20N2O7S/c1-14-20(31(27,28)17-5-3-2-4-6-17)18(15-7-9-16(10-8-15)23(25)26)13-19(30-14)22-11-12-29-21(22)24/h2-10,18-19H,11-13H2,1H3/t18-,19-/m1/s1. The molecule has 0 spiro atoms. The first-order valence-corrected chi connectivity index (χ1v) is 11.1. The fraction of sp³-hybridized carbons (Fsp3) is 0.286. The van der Waals surface area contributed by atoms with Gasteiger partial charge in [0.15, 0.2) is 6.23 Å². The molecular weight excluding hydrogens is 424 g/mol. The summed E-state index contributed by atoms with van der Waals surface area (Å²) < 4.78 is 37.9. The maximum Gasteiger partial charge on any atom is 0.412 e. The first-order chi connectivity index (χ1) is 14.8. The zero-order valence-corrected chi connectivity index (χ0v) is 17.4. The summed E-state index contributed by atoms with van der Waals surface area (Å²) >= 11 is 0. The van der Waals surface area contributed by atoms with Crippen molar-refractivity contribution in [1.82, 2.24) is 4.90 Å². The molecule has 0 saturated carbocycles. The van der Waals surface area contributed by atoms with E-state index in [1.807, 2.05) is 0 Å². The number of hydrogen-bond acceptors (Lipinski definition) is 7. The average Bonchev–Trinajstić information content (AvgIpc) is 3.19. The second-order valence-electron chi connectivity index (χ2n) is 7.25. The van der Waals surface area contributed by atoms with E-state index in [0.29, 0.717) is 12.1 Å². The van der Waals surface area contributed by atoms with Crippen molar-refractivity contribution in [3.8, 4) is 0 Å². The fourth-order valence-corrected chi connectivity index (χ4v) is 5.74. The average molecular weight is 444 g/mol. The van der Waals surface area contributed by atoms with Gasteiger partial charge >= 0.3 is 6.09 Å². The summed E-state index contributed by atoms with van der Waals surface area (Å²) in [6.45, 7) is 2.13. The summed E-state index contributed by atoms with van der Waals surface area (Å²) in [7, 11) is -3.91. The van der Waals surface area contributed by atoms with Crippen LogP contribution in [0.4, 0.5) is 10.5 Å². The van der Waals surface area contributed by atoms with Crippen LogP contribution in [-0.2, 0) is 19.3 Å². The second kappa shape index (κ2) is 8.03. The highest BCUT2D eigenvalue weighted by Crippen LogP contribution is 2.43. The minimum Gasteiger partial charge on any atom is -0.474 e. The SMILES string of the molecule is CC1=C(S(=O)(=O)c2ccccc2)[C@@H](c2ccc([N+](=O)[O-])cc2)C[C@H](N2CCOC2=O)O1.